The first-order valence-electron chi connectivity index (χ1n) is 8.15. The van der Waals surface area contributed by atoms with Crippen molar-refractivity contribution in [3.05, 3.63) is 59.7 Å². The van der Waals surface area contributed by atoms with E-state index in [9.17, 15) is 9.59 Å². The number of carbonyl (C=O) groups excluding carboxylic acids is 2. The molecule has 2 aromatic rings. The molecule has 25 heavy (non-hydrogen) atoms. The number of hydrogen-bond donors (Lipinski definition) is 0. The van der Waals surface area contributed by atoms with Crippen LogP contribution in [0.2, 0.25) is 0 Å². The van der Waals surface area contributed by atoms with Gasteiger partial charge in [-0.25, -0.2) is 4.79 Å². The van der Waals surface area contributed by atoms with Crippen molar-refractivity contribution in [2.24, 2.45) is 0 Å². The van der Waals surface area contributed by atoms with Crippen LogP contribution in [0.4, 0.5) is 0 Å². The predicted molar refractivity (Wildman–Crippen MR) is 91.9 cm³/mol. The molecule has 0 bridgehead atoms. The average molecular weight is 340 g/mol. The van der Waals surface area contributed by atoms with Crippen molar-refractivity contribution < 1.29 is 23.8 Å². The lowest BCUT2D eigenvalue weighted by Gasteiger charge is -2.39. The van der Waals surface area contributed by atoms with Crippen molar-refractivity contribution in [2.75, 3.05) is 14.2 Å². The molecule has 0 unspecified atom stereocenters. The summed E-state index contributed by atoms with van der Waals surface area (Å²) in [5.41, 5.74) is 0.699. The zero-order valence-electron chi connectivity index (χ0n) is 14.3. The molecule has 1 aliphatic carbocycles. The van der Waals surface area contributed by atoms with Crippen molar-refractivity contribution in [3.8, 4) is 11.5 Å². The molecule has 1 fully saturated rings. The molecular formula is C20H20O5. The number of hydrogen-bond acceptors (Lipinski definition) is 5. The van der Waals surface area contributed by atoms with Crippen LogP contribution in [0.5, 0.6) is 11.5 Å². The Morgan fingerprint density at radius 2 is 1.68 bits per heavy atom. The van der Waals surface area contributed by atoms with Crippen molar-refractivity contribution in [2.45, 2.75) is 24.7 Å². The Balaban J connectivity index is 1.86. The van der Waals surface area contributed by atoms with Crippen LogP contribution in [0.25, 0.3) is 0 Å². The molecule has 0 radical (unpaired) electrons. The monoisotopic (exact) mass is 340 g/mol. The molecule has 0 heterocycles. The first-order chi connectivity index (χ1) is 12.1. The highest BCUT2D eigenvalue weighted by Gasteiger charge is 2.47. The maximum absolute atomic E-state index is 12.9. The summed E-state index contributed by atoms with van der Waals surface area (Å²) in [5.74, 6) is -0.161. The van der Waals surface area contributed by atoms with Gasteiger partial charge in [0.25, 0.3) is 0 Å². The lowest BCUT2D eigenvalue weighted by atomic mass is 9.64. The topological polar surface area (TPSA) is 61.8 Å². The first-order valence-corrected chi connectivity index (χ1v) is 8.15. The van der Waals surface area contributed by atoms with E-state index in [-0.39, 0.29) is 5.97 Å². The number of methoxy groups -OCH3 is 2. The molecule has 0 aliphatic heterocycles. The summed E-state index contributed by atoms with van der Waals surface area (Å²) < 4.78 is 15.6. The fourth-order valence-corrected chi connectivity index (χ4v) is 3.09. The van der Waals surface area contributed by atoms with Crippen molar-refractivity contribution in [1.82, 2.24) is 0 Å². The van der Waals surface area contributed by atoms with Crippen molar-refractivity contribution >= 4 is 11.9 Å². The van der Waals surface area contributed by atoms with E-state index in [1.54, 1.807) is 12.1 Å². The van der Waals surface area contributed by atoms with Gasteiger partial charge in [0.15, 0.2) is 11.5 Å². The zero-order valence-corrected chi connectivity index (χ0v) is 14.3. The van der Waals surface area contributed by atoms with E-state index < -0.39 is 11.4 Å². The zero-order chi connectivity index (χ0) is 17.9. The van der Waals surface area contributed by atoms with Gasteiger partial charge in [-0.1, -0.05) is 36.8 Å². The minimum Gasteiger partial charge on any atom is -0.493 e. The van der Waals surface area contributed by atoms with Crippen molar-refractivity contribution in [1.29, 1.82) is 0 Å². The molecule has 2 aromatic carbocycles. The Kier molecular flexibility index (Phi) is 4.74. The highest BCUT2D eigenvalue weighted by atomic mass is 16.6. The van der Waals surface area contributed by atoms with Gasteiger partial charge in [0.05, 0.1) is 25.2 Å². The van der Waals surface area contributed by atoms with Gasteiger partial charge < -0.3 is 14.2 Å². The second-order valence-electron chi connectivity index (χ2n) is 6.05. The normalized spacial score (nSPS) is 15.0. The second kappa shape index (κ2) is 6.97. The van der Waals surface area contributed by atoms with Crippen LogP contribution in [-0.2, 0) is 14.9 Å². The van der Waals surface area contributed by atoms with Gasteiger partial charge in [-0.3, -0.25) is 4.79 Å². The highest BCUT2D eigenvalue weighted by Crippen LogP contribution is 2.45. The van der Waals surface area contributed by atoms with E-state index in [2.05, 4.69) is 0 Å². The molecule has 0 spiro atoms. The van der Waals surface area contributed by atoms with Crippen molar-refractivity contribution in [3.63, 3.8) is 0 Å². The minimum atomic E-state index is -0.604. The summed E-state index contributed by atoms with van der Waals surface area (Å²) in [7, 11) is 2.77. The summed E-state index contributed by atoms with van der Waals surface area (Å²) in [5, 5.41) is 0. The molecule has 1 aliphatic rings. The quantitative estimate of drug-likeness (QED) is 0.616. The molecule has 5 nitrogen and oxygen atoms in total. The van der Waals surface area contributed by atoms with Gasteiger partial charge >= 0.3 is 11.9 Å². The smallest absolute Gasteiger partial charge is 0.337 e. The van der Waals surface area contributed by atoms with Gasteiger partial charge in [0, 0.05) is 0 Å². The fraction of sp³-hybridized carbons (Fsp3) is 0.300. The van der Waals surface area contributed by atoms with Crippen LogP contribution < -0.4 is 9.47 Å². The van der Waals surface area contributed by atoms with E-state index in [1.807, 2.05) is 30.3 Å². The van der Waals surface area contributed by atoms with Gasteiger partial charge in [0.2, 0.25) is 0 Å². The van der Waals surface area contributed by atoms with Crippen LogP contribution in [0.1, 0.15) is 35.2 Å². The van der Waals surface area contributed by atoms with Crippen LogP contribution >= 0.6 is 0 Å². The molecule has 130 valence electrons. The van der Waals surface area contributed by atoms with E-state index >= 15 is 0 Å². The van der Waals surface area contributed by atoms with E-state index in [0.29, 0.717) is 17.1 Å². The third-order valence-electron chi connectivity index (χ3n) is 4.71. The third kappa shape index (κ3) is 3.09. The van der Waals surface area contributed by atoms with E-state index in [4.69, 9.17) is 14.2 Å². The maximum Gasteiger partial charge on any atom is 0.337 e. The Hall–Kier alpha value is -2.82. The Bertz CT molecular complexity index is 778. The summed E-state index contributed by atoms with van der Waals surface area (Å²) in [4.78, 5) is 24.5. The van der Waals surface area contributed by atoms with Gasteiger partial charge in [-0.15, -0.1) is 0 Å². The third-order valence-corrected chi connectivity index (χ3v) is 4.71. The highest BCUT2D eigenvalue weighted by molar-refractivity contribution is 5.91. The lowest BCUT2D eigenvalue weighted by molar-refractivity contribution is -0.144. The Morgan fingerprint density at radius 3 is 2.24 bits per heavy atom. The van der Waals surface area contributed by atoms with E-state index in [1.165, 1.54) is 20.3 Å². The molecule has 1 saturated carbocycles. The lowest BCUT2D eigenvalue weighted by Crippen LogP contribution is -2.45. The van der Waals surface area contributed by atoms with Crippen LogP contribution in [-0.4, -0.2) is 26.2 Å². The van der Waals surface area contributed by atoms with Crippen LogP contribution in [0.15, 0.2) is 48.5 Å². The summed E-state index contributed by atoms with van der Waals surface area (Å²) in [6.07, 6.45) is 2.51. The SMILES string of the molecule is COC(=O)c1ccc(OC(=O)C2(c3ccccc3)CCC2)c(OC)c1. The second-order valence-corrected chi connectivity index (χ2v) is 6.05. The molecular weight excluding hydrogens is 320 g/mol. The Labute approximate surface area is 146 Å². The van der Waals surface area contributed by atoms with Gasteiger partial charge in [-0.2, -0.15) is 0 Å². The van der Waals surface area contributed by atoms with Crippen LogP contribution in [0.3, 0.4) is 0 Å². The number of ether oxygens (including phenoxy) is 3. The molecule has 0 amide bonds. The molecule has 5 heteroatoms. The number of rotatable bonds is 5. The summed E-state index contributed by atoms with van der Waals surface area (Å²) in [6, 6.07) is 14.3. The number of esters is 2. The summed E-state index contributed by atoms with van der Waals surface area (Å²) in [6.45, 7) is 0. The molecule has 0 aromatic heterocycles. The standard InChI is InChI=1S/C20H20O5/c1-23-17-13-14(18(21)24-2)9-10-16(17)25-19(22)20(11-6-12-20)15-7-4-3-5-8-15/h3-5,7-10,13H,6,11-12H2,1-2H3. The fourth-order valence-electron chi connectivity index (χ4n) is 3.09. The number of benzene rings is 2. The average Bonchev–Trinajstić information content (AvgIpc) is 2.61. The Morgan fingerprint density at radius 1 is 0.960 bits per heavy atom. The largest absolute Gasteiger partial charge is 0.493 e. The molecule has 0 saturated heterocycles. The molecule has 0 atom stereocenters. The maximum atomic E-state index is 12.9. The first kappa shape index (κ1) is 17.0. The summed E-state index contributed by atoms with van der Waals surface area (Å²) >= 11 is 0. The molecule has 3 rings (SSSR count). The van der Waals surface area contributed by atoms with Gasteiger partial charge in [0.1, 0.15) is 0 Å². The van der Waals surface area contributed by atoms with Crippen LogP contribution in [0, 0.1) is 0 Å². The molecule has 0 N–H and O–H groups in total. The van der Waals surface area contributed by atoms with Gasteiger partial charge in [-0.05, 0) is 36.6 Å². The predicted octanol–water partition coefficient (Wildman–Crippen LogP) is 3.51. The van der Waals surface area contributed by atoms with E-state index in [0.717, 1.165) is 24.8 Å². The number of carbonyl (C=O) groups is 2. The minimum absolute atomic E-state index is 0.294.